The Balaban J connectivity index is 1.64. The minimum atomic E-state index is -0.250. The van der Waals surface area contributed by atoms with E-state index in [9.17, 15) is 14.4 Å². The second-order valence-corrected chi connectivity index (χ2v) is 7.26. The van der Waals surface area contributed by atoms with Crippen LogP contribution in [0, 0.1) is 13.8 Å². The summed E-state index contributed by atoms with van der Waals surface area (Å²) in [6.45, 7) is 3.48. The largest absolute Gasteiger partial charge is 0.349 e. The van der Waals surface area contributed by atoms with Crippen LogP contribution in [0.15, 0.2) is 29.1 Å². The number of benzene rings is 1. The zero-order chi connectivity index (χ0) is 20.1. The van der Waals surface area contributed by atoms with Gasteiger partial charge < -0.3 is 15.6 Å². The van der Waals surface area contributed by atoms with E-state index >= 15 is 0 Å². The number of H-pyrrole nitrogens is 1. The number of amides is 2. The summed E-state index contributed by atoms with van der Waals surface area (Å²) in [5, 5.41) is 5.85. The van der Waals surface area contributed by atoms with Crippen LogP contribution in [0.1, 0.15) is 59.5 Å². The van der Waals surface area contributed by atoms with Gasteiger partial charge in [-0.2, -0.15) is 0 Å². The average Bonchev–Trinajstić information content (AvgIpc) is 3.14. The summed E-state index contributed by atoms with van der Waals surface area (Å²) < 4.78 is 0. The molecule has 1 fully saturated rings. The van der Waals surface area contributed by atoms with Crippen LogP contribution in [0.3, 0.4) is 0 Å². The van der Waals surface area contributed by atoms with E-state index in [1.54, 1.807) is 38.1 Å². The normalized spacial score (nSPS) is 14.1. The second-order valence-electron chi connectivity index (χ2n) is 7.26. The Bertz CT molecular complexity index is 929. The fourth-order valence-electron chi connectivity index (χ4n) is 3.62. The summed E-state index contributed by atoms with van der Waals surface area (Å²) in [4.78, 5) is 44.0. The zero-order valence-electron chi connectivity index (χ0n) is 16.3. The molecule has 28 heavy (non-hydrogen) atoms. The van der Waals surface area contributed by atoms with Crippen molar-refractivity contribution in [2.75, 3.05) is 5.32 Å². The molecule has 1 saturated carbocycles. The lowest BCUT2D eigenvalue weighted by Gasteiger charge is -2.15. The van der Waals surface area contributed by atoms with E-state index in [0.717, 1.165) is 25.7 Å². The van der Waals surface area contributed by atoms with E-state index in [1.807, 2.05) is 0 Å². The topological polar surface area (TPSA) is 104 Å². The van der Waals surface area contributed by atoms with Crippen molar-refractivity contribution >= 4 is 17.5 Å². The lowest BCUT2D eigenvalue weighted by atomic mass is 10.1. The third-order valence-electron chi connectivity index (χ3n) is 5.08. The van der Waals surface area contributed by atoms with Gasteiger partial charge in [0.25, 0.3) is 11.5 Å². The first-order chi connectivity index (χ1) is 13.4. The molecular weight excluding hydrogens is 356 g/mol. The van der Waals surface area contributed by atoms with E-state index in [1.165, 1.54) is 0 Å². The molecule has 148 valence electrons. The maximum atomic E-state index is 12.6. The lowest BCUT2D eigenvalue weighted by Crippen LogP contribution is -2.33. The molecular formula is C21H26N4O3. The Morgan fingerprint density at radius 2 is 1.89 bits per heavy atom. The van der Waals surface area contributed by atoms with Crippen molar-refractivity contribution in [1.29, 1.82) is 0 Å². The van der Waals surface area contributed by atoms with Gasteiger partial charge in [-0.3, -0.25) is 14.4 Å². The third-order valence-corrected chi connectivity index (χ3v) is 5.08. The minimum absolute atomic E-state index is 0.132. The lowest BCUT2D eigenvalue weighted by molar-refractivity contribution is -0.116. The molecule has 3 N–H and O–H groups in total. The Labute approximate surface area is 164 Å². The number of hydrogen-bond acceptors (Lipinski definition) is 4. The number of carbonyl (C=O) groups excluding carboxylic acids is 2. The van der Waals surface area contributed by atoms with Gasteiger partial charge in [0.15, 0.2) is 0 Å². The first-order valence-electron chi connectivity index (χ1n) is 9.70. The minimum Gasteiger partial charge on any atom is -0.349 e. The van der Waals surface area contributed by atoms with Crippen LogP contribution in [0.2, 0.25) is 0 Å². The molecule has 0 spiro atoms. The smallest absolute Gasteiger partial charge is 0.254 e. The molecule has 2 aromatic rings. The molecule has 0 unspecified atom stereocenters. The van der Waals surface area contributed by atoms with Crippen LogP contribution >= 0.6 is 0 Å². The molecule has 1 aromatic carbocycles. The number of aromatic nitrogens is 2. The van der Waals surface area contributed by atoms with Gasteiger partial charge in [-0.25, -0.2) is 4.98 Å². The Morgan fingerprint density at radius 1 is 1.18 bits per heavy atom. The van der Waals surface area contributed by atoms with E-state index in [4.69, 9.17) is 0 Å². The number of aryl methyl sites for hydroxylation is 2. The number of carbonyl (C=O) groups is 2. The van der Waals surface area contributed by atoms with Gasteiger partial charge in [0.2, 0.25) is 5.91 Å². The first kappa shape index (κ1) is 19.8. The standard InChI is InChI=1S/C21H26N4O3/c1-13-16(20(27)23-14(2)22-13)11-12-19(26)25-18-10-6-5-9-17(18)21(28)24-15-7-3-4-8-15/h5-6,9-10,15H,3-4,7-8,11-12H2,1-2H3,(H,24,28)(H,25,26)(H,22,23,27). The van der Waals surface area contributed by atoms with Crippen molar-refractivity contribution in [1.82, 2.24) is 15.3 Å². The van der Waals surface area contributed by atoms with Crippen molar-refractivity contribution in [3.05, 3.63) is 57.3 Å². The van der Waals surface area contributed by atoms with Crippen molar-refractivity contribution in [2.24, 2.45) is 0 Å². The molecule has 7 heteroatoms. The highest BCUT2D eigenvalue weighted by Crippen LogP contribution is 2.20. The van der Waals surface area contributed by atoms with Crippen molar-refractivity contribution < 1.29 is 9.59 Å². The number of nitrogens with zero attached hydrogens (tertiary/aromatic N) is 1. The van der Waals surface area contributed by atoms with Crippen LogP contribution in [0.25, 0.3) is 0 Å². The fraction of sp³-hybridized carbons (Fsp3) is 0.429. The molecule has 1 aliphatic carbocycles. The number of nitrogens with one attached hydrogen (secondary N) is 3. The van der Waals surface area contributed by atoms with Gasteiger partial charge in [0.1, 0.15) is 5.82 Å². The highest BCUT2D eigenvalue weighted by molar-refractivity contribution is 6.03. The van der Waals surface area contributed by atoms with Crippen LogP contribution < -0.4 is 16.2 Å². The summed E-state index contributed by atoms with van der Waals surface area (Å²) in [6, 6.07) is 7.19. The molecule has 0 bridgehead atoms. The number of rotatable bonds is 6. The number of anilines is 1. The molecule has 2 amide bonds. The SMILES string of the molecule is Cc1nc(C)c(CCC(=O)Nc2ccccc2C(=O)NC2CCCC2)c(=O)[nH]1. The summed E-state index contributed by atoms with van der Waals surface area (Å²) in [5.41, 5.74) is 1.86. The monoisotopic (exact) mass is 382 g/mol. The first-order valence-corrected chi connectivity index (χ1v) is 9.70. The molecule has 7 nitrogen and oxygen atoms in total. The van der Waals surface area contributed by atoms with Gasteiger partial charge >= 0.3 is 0 Å². The predicted molar refractivity (Wildman–Crippen MR) is 107 cm³/mol. The highest BCUT2D eigenvalue weighted by Gasteiger charge is 2.20. The molecule has 0 radical (unpaired) electrons. The van der Waals surface area contributed by atoms with Gasteiger partial charge in [0, 0.05) is 23.7 Å². The summed E-state index contributed by atoms with van der Waals surface area (Å²) >= 11 is 0. The highest BCUT2D eigenvalue weighted by atomic mass is 16.2. The van der Waals surface area contributed by atoms with E-state index in [2.05, 4.69) is 20.6 Å². The molecule has 1 aliphatic rings. The Morgan fingerprint density at radius 3 is 2.61 bits per heavy atom. The van der Waals surface area contributed by atoms with Crippen molar-refractivity contribution in [2.45, 2.75) is 58.4 Å². The van der Waals surface area contributed by atoms with Gasteiger partial charge in [0.05, 0.1) is 11.3 Å². The molecule has 0 saturated heterocycles. The van der Waals surface area contributed by atoms with Crippen LogP contribution in [0.5, 0.6) is 0 Å². The van der Waals surface area contributed by atoms with Crippen LogP contribution in [0.4, 0.5) is 5.69 Å². The van der Waals surface area contributed by atoms with E-state index in [0.29, 0.717) is 28.3 Å². The molecule has 0 aliphatic heterocycles. The fourth-order valence-corrected chi connectivity index (χ4v) is 3.62. The molecule has 0 atom stereocenters. The van der Waals surface area contributed by atoms with E-state index < -0.39 is 0 Å². The van der Waals surface area contributed by atoms with Crippen LogP contribution in [-0.4, -0.2) is 27.8 Å². The Hall–Kier alpha value is -2.96. The van der Waals surface area contributed by atoms with Gasteiger partial charge in [-0.1, -0.05) is 25.0 Å². The summed E-state index contributed by atoms with van der Waals surface area (Å²) in [6.07, 6.45) is 4.69. The predicted octanol–water partition coefficient (Wildman–Crippen LogP) is 2.63. The summed E-state index contributed by atoms with van der Waals surface area (Å²) in [7, 11) is 0. The maximum Gasteiger partial charge on any atom is 0.254 e. The zero-order valence-corrected chi connectivity index (χ0v) is 16.3. The second kappa shape index (κ2) is 8.82. The van der Waals surface area contributed by atoms with Crippen LogP contribution in [-0.2, 0) is 11.2 Å². The van der Waals surface area contributed by atoms with Crippen molar-refractivity contribution in [3.8, 4) is 0 Å². The number of para-hydroxylation sites is 1. The summed E-state index contributed by atoms with van der Waals surface area (Å²) in [5.74, 6) is 0.135. The third kappa shape index (κ3) is 4.85. The average molecular weight is 382 g/mol. The van der Waals surface area contributed by atoms with Gasteiger partial charge in [-0.05, 0) is 45.2 Å². The van der Waals surface area contributed by atoms with Gasteiger partial charge in [-0.15, -0.1) is 0 Å². The number of aromatic amines is 1. The van der Waals surface area contributed by atoms with Crippen molar-refractivity contribution in [3.63, 3.8) is 0 Å². The molecule has 1 heterocycles. The molecule has 3 rings (SSSR count). The number of hydrogen-bond donors (Lipinski definition) is 3. The maximum absolute atomic E-state index is 12.6. The molecule has 1 aromatic heterocycles. The quantitative estimate of drug-likeness (QED) is 0.714. The van der Waals surface area contributed by atoms with E-state index in [-0.39, 0.29) is 36.3 Å². The Kier molecular flexibility index (Phi) is 6.23.